The Bertz CT molecular complexity index is 1150. The molecule has 1 aliphatic heterocycles. The van der Waals surface area contributed by atoms with Crippen LogP contribution in [0.3, 0.4) is 0 Å². The minimum atomic E-state index is -0.519. The van der Waals surface area contributed by atoms with Crippen molar-refractivity contribution in [3.63, 3.8) is 0 Å². The molecule has 4 aromatic rings. The van der Waals surface area contributed by atoms with Gasteiger partial charge in [0.1, 0.15) is 17.5 Å². The minimum absolute atomic E-state index is 0.162. The number of fused-ring (bicyclic) bond motifs is 1. The van der Waals surface area contributed by atoms with Crippen molar-refractivity contribution in [3.05, 3.63) is 69.9 Å². The fourth-order valence-electron chi connectivity index (χ4n) is 3.58. The van der Waals surface area contributed by atoms with Crippen LogP contribution in [0.25, 0.3) is 21.7 Å². The normalized spacial score (nSPS) is 17.5. The van der Waals surface area contributed by atoms with E-state index in [1.807, 2.05) is 18.2 Å². The van der Waals surface area contributed by atoms with Crippen LogP contribution >= 0.6 is 11.3 Å². The highest BCUT2D eigenvalue weighted by molar-refractivity contribution is 7.18. The van der Waals surface area contributed by atoms with Crippen LogP contribution in [0.5, 0.6) is 0 Å². The van der Waals surface area contributed by atoms with Crippen molar-refractivity contribution < 1.29 is 8.81 Å². The highest BCUT2D eigenvalue weighted by atomic mass is 32.1. The van der Waals surface area contributed by atoms with Crippen molar-refractivity contribution in [2.75, 3.05) is 6.54 Å². The lowest BCUT2D eigenvalue weighted by Crippen LogP contribution is -2.31. The third-order valence-electron chi connectivity index (χ3n) is 4.97. The summed E-state index contributed by atoms with van der Waals surface area (Å²) in [5.41, 5.74) is 1.58. The summed E-state index contributed by atoms with van der Waals surface area (Å²) in [7, 11) is 0. The molecule has 2 aromatic carbocycles. The maximum atomic E-state index is 13.1. The molecule has 0 amide bonds. The van der Waals surface area contributed by atoms with Crippen molar-refractivity contribution in [1.29, 1.82) is 0 Å². The molecule has 3 heterocycles. The van der Waals surface area contributed by atoms with Crippen LogP contribution in [0.2, 0.25) is 0 Å². The average Bonchev–Trinajstić information content (AvgIpc) is 3.41. The van der Waals surface area contributed by atoms with Gasteiger partial charge in [0, 0.05) is 12.1 Å². The van der Waals surface area contributed by atoms with E-state index in [-0.39, 0.29) is 17.7 Å². The molecule has 1 saturated heterocycles. The van der Waals surface area contributed by atoms with Crippen molar-refractivity contribution >= 4 is 21.6 Å². The Morgan fingerprint density at radius 2 is 2.00 bits per heavy atom. The molecule has 0 saturated carbocycles. The quantitative estimate of drug-likeness (QED) is 0.521. The van der Waals surface area contributed by atoms with Gasteiger partial charge >= 0.3 is 5.76 Å². The van der Waals surface area contributed by atoms with Crippen molar-refractivity contribution in [1.82, 2.24) is 19.7 Å². The molecule has 0 aliphatic carbocycles. The number of likely N-dealkylation sites (tertiary alicyclic amines) is 1. The average molecular weight is 396 g/mol. The molecule has 0 bridgehead atoms. The Kier molecular flexibility index (Phi) is 4.29. The molecule has 2 aromatic heterocycles. The van der Waals surface area contributed by atoms with Crippen LogP contribution in [0, 0.1) is 5.82 Å². The van der Waals surface area contributed by atoms with Gasteiger partial charge in [-0.1, -0.05) is 12.1 Å². The van der Waals surface area contributed by atoms with Gasteiger partial charge in [0.15, 0.2) is 0 Å². The van der Waals surface area contributed by atoms with Crippen LogP contribution in [0.15, 0.2) is 57.7 Å². The first-order valence-corrected chi connectivity index (χ1v) is 9.92. The standard InChI is InChI=1S/C20H17FN4O2S/c21-14-9-7-13(8-10-14)18-23-25(20(26)27-18)12-24-11-3-5-16(24)19-22-15-4-1-2-6-17(15)28-19/h1-2,4,6-10,16H,3,5,11-12H2/t16-/m0/s1. The van der Waals surface area contributed by atoms with Gasteiger partial charge in [-0.05, 0) is 49.2 Å². The molecule has 28 heavy (non-hydrogen) atoms. The van der Waals surface area contributed by atoms with Gasteiger partial charge in [-0.3, -0.25) is 4.90 Å². The number of thiazole rings is 1. The topological polar surface area (TPSA) is 64.2 Å². The summed E-state index contributed by atoms with van der Waals surface area (Å²) >= 11 is 1.70. The fourth-order valence-corrected chi connectivity index (χ4v) is 4.72. The molecular formula is C20H17FN4O2S. The zero-order chi connectivity index (χ0) is 19.1. The highest BCUT2D eigenvalue weighted by Gasteiger charge is 2.29. The Morgan fingerprint density at radius 3 is 2.82 bits per heavy atom. The second-order valence-electron chi connectivity index (χ2n) is 6.81. The number of hydrogen-bond acceptors (Lipinski definition) is 6. The van der Waals surface area contributed by atoms with Gasteiger partial charge < -0.3 is 4.42 Å². The minimum Gasteiger partial charge on any atom is -0.388 e. The number of aromatic nitrogens is 3. The van der Waals surface area contributed by atoms with Crippen LogP contribution in [0.4, 0.5) is 4.39 Å². The number of benzene rings is 2. The van der Waals surface area contributed by atoms with E-state index in [0.29, 0.717) is 12.2 Å². The lowest BCUT2D eigenvalue weighted by molar-refractivity contribution is 0.185. The predicted octanol–water partition coefficient (Wildman–Crippen LogP) is 4.05. The molecule has 1 fully saturated rings. The zero-order valence-corrected chi connectivity index (χ0v) is 15.7. The Balaban J connectivity index is 1.40. The number of rotatable bonds is 4. The van der Waals surface area contributed by atoms with Crippen molar-refractivity contribution in [2.24, 2.45) is 0 Å². The van der Waals surface area contributed by atoms with Gasteiger partial charge in [-0.25, -0.2) is 14.2 Å². The molecule has 0 N–H and O–H groups in total. The first kappa shape index (κ1) is 17.3. The first-order valence-electron chi connectivity index (χ1n) is 9.11. The van der Waals surface area contributed by atoms with E-state index >= 15 is 0 Å². The largest absolute Gasteiger partial charge is 0.438 e. The smallest absolute Gasteiger partial charge is 0.388 e. The van der Waals surface area contributed by atoms with E-state index in [1.54, 1.807) is 23.5 Å². The van der Waals surface area contributed by atoms with E-state index in [1.165, 1.54) is 21.5 Å². The zero-order valence-electron chi connectivity index (χ0n) is 14.9. The van der Waals surface area contributed by atoms with E-state index in [2.05, 4.69) is 16.1 Å². The fraction of sp³-hybridized carbons (Fsp3) is 0.250. The third-order valence-corrected chi connectivity index (χ3v) is 6.11. The van der Waals surface area contributed by atoms with Gasteiger partial charge in [-0.15, -0.1) is 16.4 Å². The molecule has 142 valence electrons. The van der Waals surface area contributed by atoms with Gasteiger partial charge in [0.25, 0.3) is 0 Å². The van der Waals surface area contributed by atoms with Crippen LogP contribution < -0.4 is 5.76 Å². The lowest BCUT2D eigenvalue weighted by atomic mass is 10.2. The monoisotopic (exact) mass is 396 g/mol. The number of para-hydroxylation sites is 1. The Labute approximate surface area is 163 Å². The van der Waals surface area contributed by atoms with Gasteiger partial charge in [0.2, 0.25) is 5.89 Å². The summed E-state index contributed by atoms with van der Waals surface area (Å²) in [6.45, 7) is 1.20. The maximum Gasteiger partial charge on any atom is 0.438 e. The summed E-state index contributed by atoms with van der Waals surface area (Å²) in [4.78, 5) is 19.3. The second-order valence-corrected chi connectivity index (χ2v) is 7.87. The van der Waals surface area contributed by atoms with E-state index in [0.717, 1.165) is 29.9 Å². The van der Waals surface area contributed by atoms with Crippen molar-refractivity contribution in [3.8, 4) is 11.5 Å². The Hall–Kier alpha value is -2.84. The Morgan fingerprint density at radius 1 is 1.18 bits per heavy atom. The highest BCUT2D eigenvalue weighted by Crippen LogP contribution is 2.36. The number of nitrogens with zero attached hydrogens (tertiary/aromatic N) is 4. The molecule has 5 rings (SSSR count). The summed E-state index contributed by atoms with van der Waals surface area (Å²) in [5.74, 6) is -0.670. The molecule has 0 unspecified atom stereocenters. The van der Waals surface area contributed by atoms with E-state index in [9.17, 15) is 9.18 Å². The lowest BCUT2D eigenvalue weighted by Gasteiger charge is -2.21. The summed E-state index contributed by atoms with van der Waals surface area (Å²) in [5, 5.41) is 5.36. The maximum absolute atomic E-state index is 13.1. The molecule has 0 spiro atoms. The number of halogens is 1. The number of hydrogen-bond donors (Lipinski definition) is 0. The molecule has 8 heteroatoms. The molecule has 6 nitrogen and oxygen atoms in total. The van der Waals surface area contributed by atoms with E-state index < -0.39 is 5.76 Å². The van der Waals surface area contributed by atoms with Crippen LogP contribution in [-0.4, -0.2) is 26.2 Å². The molecular weight excluding hydrogens is 379 g/mol. The van der Waals surface area contributed by atoms with Gasteiger partial charge in [-0.2, -0.15) is 4.68 Å². The summed E-state index contributed by atoms with van der Waals surface area (Å²) < 4.78 is 20.9. The predicted molar refractivity (Wildman–Crippen MR) is 104 cm³/mol. The molecule has 1 aliphatic rings. The first-order chi connectivity index (χ1) is 13.7. The molecule has 1 atom stereocenters. The summed E-state index contributed by atoms with van der Waals surface area (Å²) in [6.07, 6.45) is 2.04. The van der Waals surface area contributed by atoms with Crippen LogP contribution in [0.1, 0.15) is 23.9 Å². The van der Waals surface area contributed by atoms with Gasteiger partial charge in [0.05, 0.1) is 16.3 Å². The van der Waals surface area contributed by atoms with Crippen molar-refractivity contribution in [2.45, 2.75) is 25.6 Å². The second kappa shape index (κ2) is 6.96. The third kappa shape index (κ3) is 3.14. The van der Waals surface area contributed by atoms with Crippen LogP contribution in [-0.2, 0) is 6.67 Å². The van der Waals surface area contributed by atoms with E-state index in [4.69, 9.17) is 9.40 Å². The SMILES string of the molecule is O=c1oc(-c2ccc(F)cc2)nn1CN1CCC[C@H]1c1nc2ccccc2s1. The molecule has 0 radical (unpaired) electrons. The summed E-state index contributed by atoms with van der Waals surface area (Å²) in [6, 6.07) is 14.0.